The maximum atomic E-state index is 12.5. The molecular weight excluding hydrogens is 290 g/mol. The number of anilines is 1. The van der Waals surface area contributed by atoms with Gasteiger partial charge in [-0.25, -0.2) is 4.79 Å². The number of carbonyl (C=O) groups excluding carboxylic acids is 1. The Balaban J connectivity index is 2.22. The van der Waals surface area contributed by atoms with Crippen LogP contribution in [0.4, 0.5) is 5.69 Å². The topological polar surface area (TPSA) is 47.6 Å². The van der Waals surface area contributed by atoms with Crippen molar-refractivity contribution in [3.8, 4) is 0 Å². The molecule has 0 aliphatic heterocycles. The number of halogens is 1. The first-order chi connectivity index (χ1) is 10.1. The molecule has 2 unspecified atom stereocenters. The molecule has 0 saturated heterocycles. The van der Waals surface area contributed by atoms with E-state index in [1.165, 1.54) is 0 Å². The van der Waals surface area contributed by atoms with Gasteiger partial charge in [0, 0.05) is 24.2 Å². The van der Waals surface area contributed by atoms with Crippen molar-refractivity contribution in [2.75, 3.05) is 19.0 Å². The van der Waals surface area contributed by atoms with Crippen molar-refractivity contribution in [1.29, 1.82) is 0 Å². The largest absolute Gasteiger partial charge is 0.464 e. The summed E-state index contributed by atoms with van der Waals surface area (Å²) >= 11 is 5.91. The average molecular weight is 312 g/mol. The molecule has 1 saturated carbocycles. The Morgan fingerprint density at radius 2 is 2.14 bits per heavy atom. The molecule has 0 amide bonds. The minimum absolute atomic E-state index is 0.0722. The van der Waals surface area contributed by atoms with Crippen LogP contribution in [0.15, 0.2) is 24.3 Å². The first kappa shape index (κ1) is 16.1. The average Bonchev–Trinajstić information content (AvgIpc) is 2.50. The van der Waals surface area contributed by atoms with Gasteiger partial charge in [0.1, 0.15) is 5.54 Å². The Labute approximate surface area is 130 Å². The van der Waals surface area contributed by atoms with Crippen molar-refractivity contribution in [3.05, 3.63) is 29.3 Å². The normalized spacial score (nSPS) is 25.4. The zero-order chi connectivity index (χ0) is 15.3. The number of benzene rings is 1. The fraction of sp³-hybridized carbons (Fsp3) is 0.562. The van der Waals surface area contributed by atoms with Gasteiger partial charge in [0.15, 0.2) is 0 Å². The molecule has 1 aliphatic rings. The van der Waals surface area contributed by atoms with Gasteiger partial charge < -0.3 is 14.8 Å². The van der Waals surface area contributed by atoms with E-state index >= 15 is 0 Å². The van der Waals surface area contributed by atoms with Gasteiger partial charge in [0.05, 0.1) is 12.7 Å². The van der Waals surface area contributed by atoms with E-state index in [0.717, 1.165) is 24.9 Å². The Bertz CT molecular complexity index is 477. The highest BCUT2D eigenvalue weighted by molar-refractivity contribution is 6.30. The van der Waals surface area contributed by atoms with Crippen LogP contribution in [-0.2, 0) is 14.3 Å². The highest BCUT2D eigenvalue weighted by atomic mass is 35.5. The monoisotopic (exact) mass is 311 g/mol. The summed E-state index contributed by atoms with van der Waals surface area (Å²) in [5, 5.41) is 4.03. The molecule has 4 nitrogen and oxygen atoms in total. The van der Waals surface area contributed by atoms with Crippen LogP contribution in [0.2, 0.25) is 5.02 Å². The van der Waals surface area contributed by atoms with Crippen molar-refractivity contribution in [2.45, 2.75) is 44.2 Å². The summed E-state index contributed by atoms with van der Waals surface area (Å²) in [5.41, 5.74) is 0.146. The fourth-order valence-corrected chi connectivity index (χ4v) is 2.98. The number of esters is 1. The molecular formula is C16H22ClNO3. The van der Waals surface area contributed by atoms with Gasteiger partial charge in [-0.15, -0.1) is 0 Å². The Kier molecular flexibility index (Phi) is 5.48. The van der Waals surface area contributed by atoms with E-state index in [4.69, 9.17) is 21.1 Å². The van der Waals surface area contributed by atoms with Crippen molar-refractivity contribution in [3.63, 3.8) is 0 Å². The van der Waals surface area contributed by atoms with Crippen LogP contribution in [0.5, 0.6) is 0 Å². The number of rotatable bonds is 5. The number of hydrogen-bond acceptors (Lipinski definition) is 4. The summed E-state index contributed by atoms with van der Waals surface area (Å²) in [6.45, 7) is 2.20. The predicted molar refractivity (Wildman–Crippen MR) is 83.7 cm³/mol. The first-order valence-electron chi connectivity index (χ1n) is 7.33. The zero-order valence-corrected chi connectivity index (χ0v) is 13.3. The zero-order valence-electron chi connectivity index (χ0n) is 12.5. The lowest BCUT2D eigenvalue weighted by molar-refractivity contribution is -0.151. The van der Waals surface area contributed by atoms with Gasteiger partial charge in [-0.1, -0.05) is 11.6 Å². The third-order valence-corrected chi connectivity index (χ3v) is 4.19. The molecule has 1 N–H and O–H groups in total. The van der Waals surface area contributed by atoms with Crippen LogP contribution in [0.1, 0.15) is 32.6 Å². The van der Waals surface area contributed by atoms with Crippen molar-refractivity contribution in [2.24, 2.45) is 0 Å². The maximum absolute atomic E-state index is 12.5. The predicted octanol–water partition coefficient (Wildman–Crippen LogP) is 3.64. The molecule has 1 aromatic rings. The molecule has 5 heteroatoms. The second kappa shape index (κ2) is 7.14. The van der Waals surface area contributed by atoms with E-state index in [0.29, 0.717) is 18.1 Å². The minimum Gasteiger partial charge on any atom is -0.464 e. The summed E-state index contributed by atoms with van der Waals surface area (Å²) in [6, 6.07) is 7.36. The van der Waals surface area contributed by atoms with Crippen LogP contribution >= 0.6 is 11.6 Å². The van der Waals surface area contributed by atoms with Crippen molar-refractivity contribution < 1.29 is 14.3 Å². The number of nitrogens with one attached hydrogen (secondary N) is 1. The van der Waals surface area contributed by atoms with Gasteiger partial charge in [0.25, 0.3) is 0 Å². The second-order valence-corrected chi connectivity index (χ2v) is 5.82. The van der Waals surface area contributed by atoms with E-state index in [-0.39, 0.29) is 12.1 Å². The Morgan fingerprint density at radius 3 is 2.76 bits per heavy atom. The molecule has 0 radical (unpaired) electrons. The summed E-state index contributed by atoms with van der Waals surface area (Å²) in [7, 11) is 1.69. The van der Waals surface area contributed by atoms with E-state index in [2.05, 4.69) is 5.32 Å². The third kappa shape index (κ3) is 3.89. The lowest BCUT2D eigenvalue weighted by Gasteiger charge is -2.39. The van der Waals surface area contributed by atoms with E-state index in [9.17, 15) is 4.79 Å². The Morgan fingerprint density at radius 1 is 1.43 bits per heavy atom. The van der Waals surface area contributed by atoms with Gasteiger partial charge in [-0.05, 0) is 50.5 Å². The van der Waals surface area contributed by atoms with Crippen LogP contribution in [0.3, 0.4) is 0 Å². The molecule has 0 spiro atoms. The van der Waals surface area contributed by atoms with Gasteiger partial charge in [0.2, 0.25) is 0 Å². The second-order valence-electron chi connectivity index (χ2n) is 5.39. The van der Waals surface area contributed by atoms with Crippen molar-refractivity contribution >= 4 is 23.3 Å². The van der Waals surface area contributed by atoms with Gasteiger partial charge >= 0.3 is 5.97 Å². The van der Waals surface area contributed by atoms with Crippen LogP contribution in [0, 0.1) is 0 Å². The van der Waals surface area contributed by atoms with Gasteiger partial charge in [-0.2, -0.15) is 0 Å². The SMILES string of the molecule is CCOC(=O)C1(Nc2ccc(Cl)cc2)CCCC(OC)C1. The van der Waals surface area contributed by atoms with Crippen molar-refractivity contribution in [1.82, 2.24) is 0 Å². The fourth-order valence-electron chi connectivity index (χ4n) is 2.85. The summed E-state index contributed by atoms with van der Waals surface area (Å²) < 4.78 is 10.8. The summed E-state index contributed by atoms with van der Waals surface area (Å²) in [4.78, 5) is 12.5. The smallest absolute Gasteiger partial charge is 0.331 e. The molecule has 1 fully saturated rings. The molecule has 0 bridgehead atoms. The lowest BCUT2D eigenvalue weighted by Crippen LogP contribution is -2.52. The van der Waals surface area contributed by atoms with Crippen LogP contribution < -0.4 is 5.32 Å². The number of carbonyl (C=O) groups is 1. The minimum atomic E-state index is -0.719. The third-order valence-electron chi connectivity index (χ3n) is 3.93. The molecule has 1 aliphatic carbocycles. The summed E-state index contributed by atoms with van der Waals surface area (Å²) in [5.74, 6) is -0.207. The Hall–Kier alpha value is -1.26. The van der Waals surface area contributed by atoms with E-state index in [1.807, 2.05) is 19.1 Å². The first-order valence-corrected chi connectivity index (χ1v) is 7.71. The van der Waals surface area contributed by atoms with Crippen LogP contribution in [0.25, 0.3) is 0 Å². The number of methoxy groups -OCH3 is 1. The molecule has 2 atom stereocenters. The molecule has 0 aromatic heterocycles. The molecule has 2 rings (SSSR count). The quantitative estimate of drug-likeness (QED) is 0.843. The standard InChI is InChI=1S/C16H22ClNO3/c1-3-21-15(19)16(10-4-5-14(11-16)20-2)18-13-8-6-12(17)7-9-13/h6-9,14,18H,3-5,10-11H2,1-2H3. The molecule has 0 heterocycles. The number of hydrogen-bond donors (Lipinski definition) is 1. The molecule has 1 aromatic carbocycles. The number of ether oxygens (including phenoxy) is 2. The molecule has 116 valence electrons. The molecule has 21 heavy (non-hydrogen) atoms. The van der Waals surface area contributed by atoms with Gasteiger partial charge in [-0.3, -0.25) is 0 Å². The van der Waals surface area contributed by atoms with E-state index in [1.54, 1.807) is 19.2 Å². The highest BCUT2D eigenvalue weighted by Gasteiger charge is 2.44. The van der Waals surface area contributed by atoms with Crippen LogP contribution in [-0.4, -0.2) is 31.3 Å². The van der Waals surface area contributed by atoms with E-state index < -0.39 is 5.54 Å². The highest BCUT2D eigenvalue weighted by Crippen LogP contribution is 2.34. The maximum Gasteiger partial charge on any atom is 0.331 e. The summed E-state index contributed by atoms with van der Waals surface area (Å²) in [6.07, 6.45) is 3.33. The lowest BCUT2D eigenvalue weighted by atomic mass is 9.79.